The van der Waals surface area contributed by atoms with E-state index in [4.69, 9.17) is 52.1 Å². The quantitative estimate of drug-likeness (QED) is 0.591. The van der Waals surface area contributed by atoms with Crippen LogP contribution in [-0.4, -0.2) is 4.98 Å². The zero-order valence-corrected chi connectivity index (χ0v) is 13.7. The molecule has 2 aromatic rings. The maximum absolute atomic E-state index is 6.06. The van der Waals surface area contributed by atoms with Gasteiger partial charge in [0.2, 0.25) is 0 Å². The van der Waals surface area contributed by atoms with E-state index in [2.05, 4.69) is 4.98 Å². The van der Waals surface area contributed by atoms with E-state index >= 15 is 0 Å². The van der Waals surface area contributed by atoms with Crippen molar-refractivity contribution in [3.05, 3.63) is 44.9 Å². The van der Waals surface area contributed by atoms with Crippen molar-refractivity contribution in [2.45, 2.75) is 0 Å². The van der Waals surface area contributed by atoms with E-state index in [1.54, 1.807) is 29.1 Å². The Labute approximate surface area is 142 Å². The van der Waals surface area contributed by atoms with Crippen LogP contribution < -0.4 is 22.7 Å². The van der Waals surface area contributed by atoms with Crippen molar-refractivity contribution >= 4 is 64.5 Å². The first kappa shape index (κ1) is 18.8. The van der Waals surface area contributed by atoms with Gasteiger partial charge in [0.1, 0.15) is 0 Å². The second-order valence-electron chi connectivity index (χ2n) is 3.21. The highest BCUT2D eigenvalue weighted by molar-refractivity contribution is 6.47. The molecule has 0 fully saturated rings. The number of nitrogens with two attached hydrogens (primary N) is 1. The molecule has 9 heteroatoms. The van der Waals surface area contributed by atoms with Gasteiger partial charge >= 0.3 is 0 Å². The van der Waals surface area contributed by atoms with Crippen LogP contribution in [-0.2, 0) is 0 Å². The van der Waals surface area contributed by atoms with Crippen LogP contribution in [0, 0.1) is 0 Å². The number of anilines is 1. The minimum absolute atomic E-state index is 0. The minimum atomic E-state index is 0. The maximum Gasteiger partial charge on any atom is 0.254 e. The summed E-state index contributed by atoms with van der Waals surface area (Å²) in [6.45, 7) is 0. The Morgan fingerprint density at radius 2 is 1.37 bits per heavy atom. The standard InChI is InChI=1S/C10H5Cl4N3.2ClH/c11-6-8(7(12)10(14)16-9(6)13)17-3-1-5(15)2-4-17;;/h1-4,15H;2*1H. The number of hydrogen-bond acceptors (Lipinski definition) is 2. The number of nitrogen functional groups attached to an aromatic ring is 1. The lowest BCUT2D eigenvalue weighted by molar-refractivity contribution is -0.595. The summed E-state index contributed by atoms with van der Waals surface area (Å²) in [5.74, 6) is 0. The van der Waals surface area contributed by atoms with Crippen molar-refractivity contribution in [1.82, 2.24) is 4.98 Å². The van der Waals surface area contributed by atoms with Crippen LogP contribution in [0.4, 0.5) is 5.69 Å². The normalized spacial score (nSPS) is 9.47. The predicted molar refractivity (Wildman–Crippen MR) is 77.5 cm³/mol. The van der Waals surface area contributed by atoms with Crippen molar-refractivity contribution in [3.63, 3.8) is 0 Å². The van der Waals surface area contributed by atoms with E-state index in [9.17, 15) is 0 Å². The zero-order chi connectivity index (χ0) is 12.6. The molecule has 0 aliphatic rings. The van der Waals surface area contributed by atoms with Gasteiger partial charge < -0.3 is 18.1 Å². The molecule has 3 nitrogen and oxygen atoms in total. The molecule has 2 heterocycles. The Bertz CT molecular complexity index is 546. The molecule has 0 radical (unpaired) electrons. The molecule has 0 bridgehead atoms. The fourth-order valence-electron chi connectivity index (χ4n) is 1.29. The highest BCUT2D eigenvalue weighted by atomic mass is 35.5. The molecular weight excluding hydrogens is 375 g/mol. The topological polar surface area (TPSA) is 42.8 Å². The molecule has 0 unspecified atom stereocenters. The Hall–Kier alpha value is -0.160. The van der Waals surface area contributed by atoms with E-state index in [0.29, 0.717) is 11.4 Å². The Balaban J connectivity index is 0.00000162. The zero-order valence-electron chi connectivity index (χ0n) is 9.08. The second-order valence-corrected chi connectivity index (χ2v) is 4.68. The van der Waals surface area contributed by atoms with Crippen LogP contribution in [0.5, 0.6) is 0 Å². The lowest BCUT2D eigenvalue weighted by Crippen LogP contribution is -3.00. The highest BCUT2D eigenvalue weighted by Gasteiger charge is 2.23. The van der Waals surface area contributed by atoms with Crippen LogP contribution in [0.1, 0.15) is 0 Å². The molecule has 0 saturated carbocycles. The Morgan fingerprint density at radius 3 is 1.79 bits per heavy atom. The molecule has 0 aromatic carbocycles. The molecule has 0 atom stereocenters. The second kappa shape index (κ2) is 7.58. The van der Waals surface area contributed by atoms with Gasteiger partial charge in [-0.15, -0.1) is 12.4 Å². The molecule has 0 saturated heterocycles. The van der Waals surface area contributed by atoms with Crippen LogP contribution in [0.3, 0.4) is 0 Å². The van der Waals surface area contributed by atoms with E-state index in [1.807, 2.05) is 0 Å². The van der Waals surface area contributed by atoms with Gasteiger partial charge in [0, 0.05) is 17.8 Å². The number of nitrogens with zero attached hydrogens (tertiary/aromatic N) is 2. The van der Waals surface area contributed by atoms with Crippen LogP contribution in [0.2, 0.25) is 20.4 Å². The molecule has 104 valence electrons. The summed E-state index contributed by atoms with van der Waals surface area (Å²) in [6, 6.07) is 3.41. The molecule has 0 aliphatic carbocycles. The first-order valence-corrected chi connectivity index (χ1v) is 5.99. The summed E-state index contributed by atoms with van der Waals surface area (Å²) in [7, 11) is 0. The third kappa shape index (κ3) is 3.91. The maximum atomic E-state index is 6.06. The van der Waals surface area contributed by atoms with Crippen molar-refractivity contribution in [2.24, 2.45) is 0 Å². The summed E-state index contributed by atoms with van der Waals surface area (Å²) < 4.78 is 1.67. The summed E-state index contributed by atoms with van der Waals surface area (Å²) in [5.41, 5.74) is 6.69. The first-order valence-electron chi connectivity index (χ1n) is 4.48. The molecule has 2 aromatic heterocycles. The van der Waals surface area contributed by atoms with Gasteiger partial charge in [-0.1, -0.05) is 46.4 Å². The van der Waals surface area contributed by atoms with Gasteiger partial charge in [-0.2, -0.15) is 4.57 Å². The van der Waals surface area contributed by atoms with Gasteiger partial charge in [-0.05, 0) is 0 Å². The molecule has 19 heavy (non-hydrogen) atoms. The van der Waals surface area contributed by atoms with E-state index in [1.165, 1.54) is 0 Å². The Kier molecular flexibility index (Phi) is 7.51. The van der Waals surface area contributed by atoms with Gasteiger partial charge in [-0.25, -0.2) is 4.98 Å². The van der Waals surface area contributed by atoms with Crippen molar-refractivity contribution < 1.29 is 17.0 Å². The molecule has 0 spiro atoms. The largest absolute Gasteiger partial charge is 1.00 e. The smallest absolute Gasteiger partial charge is 0.254 e. The lowest BCUT2D eigenvalue weighted by atomic mass is 10.3. The molecular formula is C10H7Cl6N3. The monoisotopic (exact) mass is 379 g/mol. The average Bonchev–Trinajstić information content (AvgIpc) is 2.29. The number of hydrogen-bond donors (Lipinski definition) is 1. The third-order valence-electron chi connectivity index (χ3n) is 2.09. The molecule has 2 N–H and O–H groups in total. The molecule has 0 amide bonds. The van der Waals surface area contributed by atoms with E-state index in [-0.39, 0.29) is 45.2 Å². The highest BCUT2D eigenvalue weighted by Crippen LogP contribution is 2.34. The van der Waals surface area contributed by atoms with Crippen LogP contribution >= 0.6 is 58.8 Å². The minimum Gasteiger partial charge on any atom is -1.00 e. The summed E-state index contributed by atoms with van der Waals surface area (Å²) in [6.07, 6.45) is 3.41. The lowest BCUT2D eigenvalue weighted by Gasteiger charge is -2.04. The van der Waals surface area contributed by atoms with Gasteiger partial charge in [0.15, 0.2) is 32.7 Å². The predicted octanol–water partition coefficient (Wildman–Crippen LogP) is 0.980. The fraction of sp³-hybridized carbons (Fsp3) is 0. The van der Waals surface area contributed by atoms with E-state index in [0.717, 1.165) is 0 Å². The fourth-order valence-corrected chi connectivity index (χ4v) is 2.20. The van der Waals surface area contributed by atoms with Gasteiger partial charge in [-0.3, -0.25) is 0 Å². The average molecular weight is 382 g/mol. The molecule has 0 aliphatic heterocycles. The summed E-state index contributed by atoms with van der Waals surface area (Å²) >= 11 is 23.8. The van der Waals surface area contributed by atoms with Gasteiger partial charge in [0.25, 0.3) is 5.69 Å². The van der Waals surface area contributed by atoms with Crippen molar-refractivity contribution in [2.75, 3.05) is 5.73 Å². The first-order chi connectivity index (χ1) is 8.00. The van der Waals surface area contributed by atoms with E-state index < -0.39 is 0 Å². The number of aromatic nitrogens is 2. The number of rotatable bonds is 1. The number of pyridine rings is 2. The molecule has 2 rings (SSSR count). The Morgan fingerprint density at radius 1 is 0.947 bits per heavy atom. The summed E-state index contributed by atoms with van der Waals surface area (Å²) in [5, 5.41) is 0.660. The van der Waals surface area contributed by atoms with Gasteiger partial charge in [0.05, 0.1) is 0 Å². The SMILES string of the molecule is Cl.Nc1cc[n+](-c2c(Cl)c(Cl)nc(Cl)c2Cl)cc1.[Cl-]. The van der Waals surface area contributed by atoms with Crippen LogP contribution in [0.25, 0.3) is 5.69 Å². The number of halogens is 6. The summed E-state index contributed by atoms with van der Waals surface area (Å²) in [4.78, 5) is 3.81. The van der Waals surface area contributed by atoms with Crippen LogP contribution in [0.15, 0.2) is 24.5 Å². The van der Waals surface area contributed by atoms with Crippen molar-refractivity contribution in [3.8, 4) is 5.69 Å². The third-order valence-corrected chi connectivity index (χ3v) is 3.54. The van der Waals surface area contributed by atoms with Crippen molar-refractivity contribution in [1.29, 1.82) is 0 Å².